The van der Waals surface area contributed by atoms with Gasteiger partial charge in [-0.15, -0.1) is 0 Å². The molecule has 1 nitrogen and oxygen atoms in total. The van der Waals surface area contributed by atoms with E-state index in [1.54, 1.807) is 0 Å². The highest BCUT2D eigenvalue weighted by Crippen LogP contribution is 2.46. The molecule has 0 heterocycles. The molecule has 2 aromatic carbocycles. The largest absolute Gasteiger partial charge is 0.432 e. The van der Waals surface area contributed by atoms with E-state index in [0.29, 0.717) is 24.7 Å². The summed E-state index contributed by atoms with van der Waals surface area (Å²) in [5, 5.41) is -0.189. The molecular weight excluding hydrogens is 423 g/mol. The molecule has 0 radical (unpaired) electrons. The van der Waals surface area contributed by atoms with Crippen LogP contribution in [0.2, 0.25) is 0 Å². The maximum atomic E-state index is 14.9. The lowest BCUT2D eigenvalue weighted by Gasteiger charge is -2.39. The molecule has 0 saturated heterocycles. The number of ether oxygens (including phenoxy) is 1. The Bertz CT molecular complexity index is 927. The fourth-order valence-electron chi connectivity index (χ4n) is 5.87. The van der Waals surface area contributed by atoms with Gasteiger partial charge in [0.25, 0.3) is 0 Å². The number of fused-ring (bicyclic) bond motifs is 1. The van der Waals surface area contributed by atoms with Crippen molar-refractivity contribution in [1.29, 1.82) is 0 Å². The van der Waals surface area contributed by atoms with Gasteiger partial charge >= 0.3 is 6.11 Å². The smallest absolute Gasteiger partial charge is 0.400 e. The summed E-state index contributed by atoms with van der Waals surface area (Å²) in [6.07, 6.45) is 6.54. The number of alkyl halides is 2. The molecular formula is C26H31F5O. The summed E-state index contributed by atoms with van der Waals surface area (Å²) in [6, 6.07) is 4.25. The Balaban J connectivity index is 1.36. The van der Waals surface area contributed by atoms with Crippen LogP contribution in [-0.4, -0.2) is 6.11 Å². The van der Waals surface area contributed by atoms with Gasteiger partial charge in [-0.25, -0.2) is 13.2 Å². The van der Waals surface area contributed by atoms with Gasteiger partial charge in [0.2, 0.25) is 0 Å². The van der Waals surface area contributed by atoms with Crippen LogP contribution in [0.5, 0.6) is 5.75 Å². The first-order valence-electron chi connectivity index (χ1n) is 11.9. The fraction of sp³-hybridized carbons (Fsp3) is 0.615. The highest BCUT2D eigenvalue weighted by molar-refractivity contribution is 5.84. The van der Waals surface area contributed by atoms with Gasteiger partial charge < -0.3 is 4.74 Å². The van der Waals surface area contributed by atoms with E-state index in [2.05, 4.69) is 6.92 Å². The quantitative estimate of drug-likeness (QED) is 0.313. The molecule has 0 aromatic heterocycles. The number of hydrogen-bond donors (Lipinski definition) is 0. The van der Waals surface area contributed by atoms with Crippen LogP contribution < -0.4 is 4.74 Å². The SMILES string of the molecule is CCCC1CCC(C2CCC(C(F)(F)Oc3ccc4c(F)c(F)c(F)cc4c3)CC2)CC1. The summed E-state index contributed by atoms with van der Waals surface area (Å²) in [6.45, 7) is 2.23. The van der Waals surface area contributed by atoms with Gasteiger partial charge in [0, 0.05) is 5.39 Å². The summed E-state index contributed by atoms with van der Waals surface area (Å²) in [4.78, 5) is 0. The van der Waals surface area contributed by atoms with Gasteiger partial charge in [-0.1, -0.05) is 32.6 Å². The number of benzene rings is 2. The predicted octanol–water partition coefficient (Wildman–Crippen LogP) is 8.64. The molecule has 32 heavy (non-hydrogen) atoms. The molecule has 2 aliphatic rings. The Kier molecular flexibility index (Phi) is 6.97. The van der Waals surface area contributed by atoms with Crippen molar-refractivity contribution in [3.63, 3.8) is 0 Å². The molecule has 176 valence electrons. The number of rotatable bonds is 6. The van der Waals surface area contributed by atoms with Gasteiger partial charge in [0.05, 0.1) is 5.92 Å². The minimum Gasteiger partial charge on any atom is -0.432 e. The average Bonchev–Trinajstić information content (AvgIpc) is 2.78. The van der Waals surface area contributed by atoms with Gasteiger partial charge in [0.1, 0.15) is 5.75 Å². The van der Waals surface area contributed by atoms with Crippen molar-refractivity contribution in [3.8, 4) is 5.75 Å². The predicted molar refractivity (Wildman–Crippen MR) is 115 cm³/mol. The van der Waals surface area contributed by atoms with Crippen molar-refractivity contribution in [2.24, 2.45) is 23.7 Å². The zero-order valence-electron chi connectivity index (χ0n) is 18.5. The number of hydrogen-bond acceptors (Lipinski definition) is 1. The second-order valence-corrected chi connectivity index (χ2v) is 9.71. The zero-order valence-corrected chi connectivity index (χ0v) is 18.5. The molecule has 0 atom stereocenters. The first-order chi connectivity index (χ1) is 15.3. The van der Waals surface area contributed by atoms with Crippen LogP contribution in [0.3, 0.4) is 0 Å². The molecule has 2 saturated carbocycles. The summed E-state index contributed by atoms with van der Waals surface area (Å²) in [7, 11) is 0. The van der Waals surface area contributed by atoms with Crippen LogP contribution in [0, 0.1) is 41.1 Å². The van der Waals surface area contributed by atoms with E-state index in [1.807, 2.05) is 0 Å². The summed E-state index contributed by atoms with van der Waals surface area (Å²) in [5.41, 5.74) is 0. The monoisotopic (exact) mass is 454 g/mol. The molecule has 2 fully saturated rings. The van der Waals surface area contributed by atoms with Crippen LogP contribution in [0.4, 0.5) is 22.0 Å². The molecule has 2 aliphatic carbocycles. The van der Waals surface area contributed by atoms with Crippen molar-refractivity contribution >= 4 is 10.8 Å². The second kappa shape index (κ2) is 9.56. The third kappa shape index (κ3) is 4.89. The summed E-state index contributed by atoms with van der Waals surface area (Å²) < 4.78 is 75.6. The van der Waals surface area contributed by atoms with E-state index < -0.39 is 29.5 Å². The third-order valence-corrected chi connectivity index (χ3v) is 7.70. The molecule has 6 heteroatoms. The molecule has 0 aliphatic heterocycles. The van der Waals surface area contributed by atoms with Gasteiger partial charge in [-0.05, 0) is 85.9 Å². The molecule has 0 unspecified atom stereocenters. The lowest BCUT2D eigenvalue weighted by Crippen LogP contribution is -2.38. The van der Waals surface area contributed by atoms with Crippen molar-refractivity contribution < 1.29 is 26.7 Å². The van der Waals surface area contributed by atoms with Gasteiger partial charge in [0.15, 0.2) is 17.5 Å². The Hall–Kier alpha value is -1.85. The third-order valence-electron chi connectivity index (χ3n) is 7.70. The lowest BCUT2D eigenvalue weighted by molar-refractivity contribution is -0.224. The molecule has 0 N–H and O–H groups in total. The van der Waals surface area contributed by atoms with Crippen LogP contribution >= 0.6 is 0 Å². The van der Waals surface area contributed by atoms with E-state index in [9.17, 15) is 22.0 Å². The average molecular weight is 455 g/mol. The summed E-state index contributed by atoms with van der Waals surface area (Å²) >= 11 is 0. The van der Waals surface area contributed by atoms with Crippen molar-refractivity contribution in [1.82, 2.24) is 0 Å². The Morgan fingerprint density at radius 3 is 2.09 bits per heavy atom. The Morgan fingerprint density at radius 2 is 1.47 bits per heavy atom. The topological polar surface area (TPSA) is 9.23 Å². The molecule has 0 bridgehead atoms. The second-order valence-electron chi connectivity index (χ2n) is 9.71. The van der Waals surface area contributed by atoms with E-state index in [1.165, 1.54) is 44.6 Å². The van der Waals surface area contributed by atoms with Gasteiger partial charge in [-0.3, -0.25) is 0 Å². The van der Waals surface area contributed by atoms with Crippen LogP contribution in [0.25, 0.3) is 10.8 Å². The van der Waals surface area contributed by atoms with Crippen LogP contribution in [-0.2, 0) is 0 Å². The molecule has 0 amide bonds. The zero-order chi connectivity index (χ0) is 22.9. The van der Waals surface area contributed by atoms with Crippen molar-refractivity contribution in [2.75, 3.05) is 0 Å². The van der Waals surface area contributed by atoms with E-state index in [0.717, 1.165) is 37.0 Å². The molecule has 0 spiro atoms. The summed E-state index contributed by atoms with van der Waals surface area (Å²) in [5.74, 6) is -3.31. The van der Waals surface area contributed by atoms with Crippen molar-refractivity contribution in [3.05, 3.63) is 41.7 Å². The highest BCUT2D eigenvalue weighted by Gasteiger charge is 2.45. The fourth-order valence-corrected chi connectivity index (χ4v) is 5.87. The maximum Gasteiger partial charge on any atom is 0.400 e. The highest BCUT2D eigenvalue weighted by atomic mass is 19.3. The van der Waals surface area contributed by atoms with E-state index in [4.69, 9.17) is 4.74 Å². The van der Waals surface area contributed by atoms with Crippen molar-refractivity contribution in [2.45, 2.75) is 77.2 Å². The lowest BCUT2D eigenvalue weighted by atomic mass is 9.68. The van der Waals surface area contributed by atoms with E-state index >= 15 is 0 Å². The van der Waals surface area contributed by atoms with E-state index in [-0.39, 0.29) is 16.5 Å². The first kappa shape index (κ1) is 23.3. The minimum absolute atomic E-state index is 0.0166. The Morgan fingerprint density at radius 1 is 0.844 bits per heavy atom. The normalized spacial score (nSPS) is 26.9. The first-order valence-corrected chi connectivity index (χ1v) is 11.9. The van der Waals surface area contributed by atoms with Crippen LogP contribution in [0.1, 0.15) is 71.1 Å². The van der Waals surface area contributed by atoms with Gasteiger partial charge in [-0.2, -0.15) is 8.78 Å². The Labute approximate surface area is 186 Å². The molecule has 4 rings (SSSR count). The standard InChI is InChI=1S/C26H31F5O/c1-2-3-16-4-6-17(7-5-16)18-8-10-20(11-9-18)26(30,31)32-21-12-13-22-19(14-21)15-23(27)25(29)24(22)28/h12-18,20H,2-11H2,1H3. The number of halogens is 5. The minimum atomic E-state index is -3.37. The molecule has 2 aromatic rings. The van der Waals surface area contributed by atoms with Crippen LogP contribution in [0.15, 0.2) is 24.3 Å². The maximum absolute atomic E-state index is 14.9.